The Morgan fingerprint density at radius 1 is 1.29 bits per heavy atom. The topological polar surface area (TPSA) is 82.7 Å². The van der Waals surface area contributed by atoms with Crippen molar-refractivity contribution < 1.29 is 19.4 Å². The van der Waals surface area contributed by atoms with E-state index in [9.17, 15) is 15.0 Å². The summed E-state index contributed by atoms with van der Waals surface area (Å²) >= 11 is 0. The summed E-state index contributed by atoms with van der Waals surface area (Å²) in [6, 6.07) is 3.45. The Balaban J connectivity index is 1.50. The summed E-state index contributed by atoms with van der Waals surface area (Å²) in [4.78, 5) is 12.8. The van der Waals surface area contributed by atoms with Crippen molar-refractivity contribution in [2.45, 2.75) is 71.3 Å². The highest BCUT2D eigenvalue weighted by atomic mass is 16.3. The van der Waals surface area contributed by atoms with E-state index in [1.165, 1.54) is 11.8 Å². The lowest BCUT2D eigenvalue weighted by molar-refractivity contribution is -0.0962. The van der Waals surface area contributed by atoms with Crippen molar-refractivity contribution in [1.29, 1.82) is 0 Å². The number of hydrogen-bond donors (Lipinski definition) is 3. The van der Waals surface area contributed by atoms with Gasteiger partial charge in [-0.1, -0.05) is 26.0 Å². The zero-order valence-corrected chi connectivity index (χ0v) is 19.0. The van der Waals surface area contributed by atoms with Crippen molar-refractivity contribution in [1.82, 2.24) is 5.32 Å². The molecular weight excluding hydrogens is 390 g/mol. The smallest absolute Gasteiger partial charge is 0.286 e. The molecule has 5 heteroatoms. The number of furan rings is 1. The van der Waals surface area contributed by atoms with Gasteiger partial charge >= 0.3 is 0 Å². The van der Waals surface area contributed by atoms with E-state index < -0.39 is 0 Å². The second-order valence-corrected chi connectivity index (χ2v) is 11.4. The molecule has 31 heavy (non-hydrogen) atoms. The average Bonchev–Trinajstić information content (AvgIpc) is 3.03. The highest BCUT2D eigenvalue weighted by Crippen LogP contribution is 2.86. The summed E-state index contributed by atoms with van der Waals surface area (Å²) < 4.78 is 5.33. The third kappa shape index (κ3) is 2.72. The number of nitrogens with one attached hydrogen (secondary N) is 1. The van der Waals surface area contributed by atoms with E-state index in [1.807, 2.05) is 0 Å². The Morgan fingerprint density at radius 3 is 2.81 bits per heavy atom. The molecule has 0 aromatic carbocycles. The standard InChI is InChI=1S/C26H37NO4/c1-17-6-7-21-23(17,2)10-11-26(24(3)9-8-19(29)13-18(24)14-28)15-25(21,26)16-27-22(30)20-5-4-12-31-20/h4-5,12,18-19,21,28-29H,1,6-11,13-16H2,2-3H3,(H,27,30)/t18-,19+,21-,23-,24+,25+,26+/m1/s1. The van der Waals surface area contributed by atoms with Gasteiger partial charge in [0, 0.05) is 13.2 Å². The zero-order valence-electron chi connectivity index (χ0n) is 19.0. The van der Waals surface area contributed by atoms with Crippen molar-refractivity contribution in [3.05, 3.63) is 36.3 Å². The maximum Gasteiger partial charge on any atom is 0.286 e. The molecule has 1 aromatic heterocycles. The van der Waals surface area contributed by atoms with E-state index in [1.54, 1.807) is 12.1 Å². The minimum absolute atomic E-state index is 0.0200. The number of aliphatic hydroxyl groups excluding tert-OH is 2. The molecule has 4 saturated carbocycles. The van der Waals surface area contributed by atoms with Crippen LogP contribution in [-0.2, 0) is 0 Å². The van der Waals surface area contributed by atoms with E-state index in [2.05, 4.69) is 25.7 Å². The van der Waals surface area contributed by atoms with Crippen LogP contribution in [0.4, 0.5) is 0 Å². The predicted octanol–water partition coefficient (Wildman–Crippen LogP) is 4.31. The van der Waals surface area contributed by atoms with Gasteiger partial charge < -0.3 is 19.9 Å². The fraction of sp³-hybridized carbons (Fsp3) is 0.731. The summed E-state index contributed by atoms with van der Waals surface area (Å²) in [5.74, 6) is 0.818. The molecule has 5 nitrogen and oxygen atoms in total. The van der Waals surface area contributed by atoms with Gasteiger partial charge in [0.1, 0.15) is 0 Å². The number of amides is 1. The van der Waals surface area contributed by atoms with Gasteiger partial charge in [-0.05, 0) is 97.0 Å². The van der Waals surface area contributed by atoms with Crippen LogP contribution in [0.15, 0.2) is 35.0 Å². The molecule has 3 N–H and O–H groups in total. The summed E-state index contributed by atoms with van der Waals surface area (Å²) in [6.07, 6.45) is 9.20. The first-order chi connectivity index (χ1) is 14.7. The molecule has 0 aliphatic heterocycles. The van der Waals surface area contributed by atoms with Crippen LogP contribution < -0.4 is 5.32 Å². The molecule has 5 rings (SSSR count). The molecule has 0 spiro atoms. The van der Waals surface area contributed by atoms with Crippen molar-refractivity contribution in [3.63, 3.8) is 0 Å². The molecule has 1 aromatic rings. The lowest BCUT2D eigenvalue weighted by Gasteiger charge is -2.56. The summed E-state index contributed by atoms with van der Waals surface area (Å²) in [7, 11) is 0. The van der Waals surface area contributed by atoms with Gasteiger partial charge in [-0.15, -0.1) is 0 Å². The van der Waals surface area contributed by atoms with E-state index >= 15 is 0 Å². The molecule has 170 valence electrons. The minimum atomic E-state index is -0.312. The number of rotatable bonds is 5. The van der Waals surface area contributed by atoms with Crippen LogP contribution >= 0.6 is 0 Å². The predicted molar refractivity (Wildman–Crippen MR) is 118 cm³/mol. The molecule has 0 bridgehead atoms. The highest BCUT2D eigenvalue weighted by molar-refractivity contribution is 5.91. The number of fused-ring (bicyclic) bond motifs is 3. The van der Waals surface area contributed by atoms with Gasteiger partial charge in [0.2, 0.25) is 0 Å². The largest absolute Gasteiger partial charge is 0.459 e. The highest BCUT2D eigenvalue weighted by Gasteiger charge is 2.81. The fourth-order valence-corrected chi connectivity index (χ4v) is 8.59. The van der Waals surface area contributed by atoms with Gasteiger partial charge in [0.15, 0.2) is 5.76 Å². The molecule has 4 aliphatic carbocycles. The normalized spacial score (nSPS) is 46.3. The second kappa shape index (κ2) is 6.95. The summed E-state index contributed by atoms with van der Waals surface area (Å²) in [5.41, 5.74) is 1.60. The Bertz CT molecular complexity index is 880. The number of aliphatic hydroxyl groups is 2. The fourth-order valence-electron chi connectivity index (χ4n) is 8.59. The molecule has 0 unspecified atom stereocenters. The molecule has 7 atom stereocenters. The second-order valence-electron chi connectivity index (χ2n) is 11.4. The Labute approximate surface area is 185 Å². The van der Waals surface area contributed by atoms with Crippen molar-refractivity contribution in [2.24, 2.45) is 33.5 Å². The van der Waals surface area contributed by atoms with Crippen LogP contribution in [0.2, 0.25) is 0 Å². The van der Waals surface area contributed by atoms with Crippen LogP contribution in [0, 0.1) is 33.5 Å². The zero-order chi connectivity index (χ0) is 22.1. The average molecular weight is 428 g/mol. The van der Waals surface area contributed by atoms with Crippen molar-refractivity contribution in [2.75, 3.05) is 13.2 Å². The van der Waals surface area contributed by atoms with Gasteiger partial charge in [-0.2, -0.15) is 0 Å². The van der Waals surface area contributed by atoms with Crippen LogP contribution in [-0.4, -0.2) is 35.4 Å². The Hall–Kier alpha value is -1.59. The third-order valence-electron chi connectivity index (χ3n) is 10.6. The lowest BCUT2D eigenvalue weighted by Crippen LogP contribution is -2.53. The maximum atomic E-state index is 12.8. The Morgan fingerprint density at radius 2 is 2.10 bits per heavy atom. The molecule has 0 radical (unpaired) electrons. The van der Waals surface area contributed by atoms with E-state index in [-0.39, 0.29) is 46.2 Å². The number of allylic oxidation sites excluding steroid dienone is 1. The molecular formula is C26H37NO4. The summed E-state index contributed by atoms with van der Waals surface area (Å²) in [6.45, 7) is 9.98. The van der Waals surface area contributed by atoms with Gasteiger partial charge in [0.25, 0.3) is 5.91 Å². The third-order valence-corrected chi connectivity index (χ3v) is 10.6. The molecule has 0 saturated heterocycles. The van der Waals surface area contributed by atoms with Gasteiger partial charge in [0.05, 0.1) is 12.4 Å². The SMILES string of the molecule is C=C1CC[C@H]2[C@@]3(CNC(=O)c4ccco4)C[C@]3([C@@]3(C)CC[C@H](O)C[C@@H]3CO)CC[C@]12C. The first-order valence-electron chi connectivity index (χ1n) is 12.0. The summed E-state index contributed by atoms with van der Waals surface area (Å²) in [5, 5.41) is 23.9. The van der Waals surface area contributed by atoms with E-state index in [0.29, 0.717) is 24.6 Å². The maximum absolute atomic E-state index is 12.8. The van der Waals surface area contributed by atoms with E-state index in [0.717, 1.165) is 44.9 Å². The molecule has 4 aliphatic rings. The van der Waals surface area contributed by atoms with Gasteiger partial charge in [-0.25, -0.2) is 0 Å². The molecule has 1 heterocycles. The van der Waals surface area contributed by atoms with Crippen LogP contribution in [0.25, 0.3) is 0 Å². The van der Waals surface area contributed by atoms with Crippen LogP contribution in [0.3, 0.4) is 0 Å². The van der Waals surface area contributed by atoms with Crippen LogP contribution in [0.1, 0.15) is 75.8 Å². The first-order valence-corrected chi connectivity index (χ1v) is 12.0. The van der Waals surface area contributed by atoms with Gasteiger partial charge in [-0.3, -0.25) is 4.79 Å². The van der Waals surface area contributed by atoms with Crippen LogP contribution in [0.5, 0.6) is 0 Å². The Kier molecular flexibility index (Phi) is 4.77. The monoisotopic (exact) mass is 427 g/mol. The first kappa shape index (κ1) is 21.3. The van der Waals surface area contributed by atoms with Crippen molar-refractivity contribution >= 4 is 5.91 Å². The molecule has 1 amide bonds. The minimum Gasteiger partial charge on any atom is -0.459 e. The number of carbonyl (C=O) groups excluding carboxylic acids is 1. The van der Waals surface area contributed by atoms with Crippen molar-refractivity contribution in [3.8, 4) is 0 Å². The number of carbonyl (C=O) groups is 1. The molecule has 4 fully saturated rings. The van der Waals surface area contributed by atoms with E-state index in [4.69, 9.17) is 4.42 Å². The quantitative estimate of drug-likeness (QED) is 0.612. The lowest BCUT2D eigenvalue weighted by atomic mass is 9.49. The number of hydrogen-bond acceptors (Lipinski definition) is 4.